The Balaban J connectivity index is 1.76. The number of para-hydroxylation sites is 3. The summed E-state index contributed by atoms with van der Waals surface area (Å²) in [5.74, 6) is 2.26. The molecule has 1 aliphatic rings. The van der Waals surface area contributed by atoms with Gasteiger partial charge in [0.05, 0.1) is 31.3 Å². The number of hydrogen-bond donors (Lipinski definition) is 1. The van der Waals surface area contributed by atoms with Gasteiger partial charge in [-0.05, 0) is 60.9 Å². The van der Waals surface area contributed by atoms with E-state index in [1.165, 1.54) is 11.1 Å². The number of nitrogens with zero attached hydrogens (tertiary/aromatic N) is 2. The number of rotatable bonds is 4. The van der Waals surface area contributed by atoms with Crippen molar-refractivity contribution in [3.8, 4) is 11.5 Å². The Morgan fingerprint density at radius 2 is 1.74 bits per heavy atom. The number of nitrogens with one attached hydrogen (secondary N) is 1. The zero-order valence-corrected chi connectivity index (χ0v) is 18.1. The quantitative estimate of drug-likeness (QED) is 0.466. The Morgan fingerprint density at radius 3 is 2.52 bits per heavy atom. The smallest absolute Gasteiger partial charge is 0.209 e. The van der Waals surface area contributed by atoms with Crippen LogP contribution in [0.4, 0.5) is 5.95 Å². The molecule has 0 amide bonds. The number of allylic oxidation sites excluding steroid dienone is 1. The zero-order chi connectivity index (χ0) is 21.5. The van der Waals surface area contributed by atoms with E-state index in [9.17, 15) is 0 Å². The normalized spacial score (nSPS) is 15.2. The molecule has 0 saturated heterocycles. The molecule has 1 unspecified atom stereocenters. The Morgan fingerprint density at radius 1 is 0.903 bits per heavy atom. The number of benzene rings is 3. The molecule has 31 heavy (non-hydrogen) atoms. The Kier molecular flexibility index (Phi) is 4.66. The molecule has 0 spiro atoms. The molecule has 0 radical (unpaired) electrons. The summed E-state index contributed by atoms with van der Waals surface area (Å²) < 4.78 is 13.6. The average Bonchev–Trinajstić information content (AvgIpc) is 3.18. The highest BCUT2D eigenvalue weighted by atomic mass is 16.5. The lowest BCUT2D eigenvalue weighted by atomic mass is 9.98. The molecule has 2 heterocycles. The second-order valence-corrected chi connectivity index (χ2v) is 7.83. The van der Waals surface area contributed by atoms with E-state index in [4.69, 9.17) is 14.5 Å². The first-order valence-electron chi connectivity index (χ1n) is 10.3. The summed E-state index contributed by atoms with van der Waals surface area (Å²) in [6.07, 6.45) is 2.24. The second-order valence-electron chi connectivity index (χ2n) is 7.83. The van der Waals surface area contributed by atoms with Gasteiger partial charge >= 0.3 is 0 Å². The molecule has 5 heteroatoms. The molecule has 156 valence electrons. The fraction of sp³-hybridized carbons (Fsp3) is 0.192. The first-order valence-corrected chi connectivity index (χ1v) is 10.3. The molecule has 0 bridgehead atoms. The van der Waals surface area contributed by atoms with Crippen LogP contribution in [0.25, 0.3) is 16.7 Å². The standard InChI is InChI=1S/C26H25N3O2/c1-16-12-13-18(14-17(16)2)21-15-23(19-8-7-11-24(30-3)25(19)31-4)29-22-10-6-5-9-20(22)27-26(29)28-21/h5-15,23H,1-4H3,(H,27,28). The number of anilines is 1. The molecule has 0 fully saturated rings. The van der Waals surface area contributed by atoms with Crippen LogP contribution in [0.15, 0.2) is 66.7 Å². The fourth-order valence-corrected chi connectivity index (χ4v) is 4.26. The van der Waals surface area contributed by atoms with Gasteiger partial charge in [0.1, 0.15) is 0 Å². The summed E-state index contributed by atoms with van der Waals surface area (Å²) in [6, 6.07) is 20.6. The van der Waals surface area contributed by atoms with Gasteiger partial charge in [0.15, 0.2) is 11.5 Å². The number of methoxy groups -OCH3 is 2. The van der Waals surface area contributed by atoms with E-state index in [-0.39, 0.29) is 6.04 Å². The summed E-state index contributed by atoms with van der Waals surface area (Å²) in [4.78, 5) is 4.88. The third kappa shape index (κ3) is 3.13. The van der Waals surface area contributed by atoms with E-state index in [0.717, 1.165) is 39.6 Å². The molecular formula is C26H25N3O2. The van der Waals surface area contributed by atoms with Crippen LogP contribution < -0.4 is 14.8 Å². The maximum absolute atomic E-state index is 5.79. The fourth-order valence-electron chi connectivity index (χ4n) is 4.26. The Bertz CT molecular complexity index is 1320. The van der Waals surface area contributed by atoms with E-state index in [2.05, 4.69) is 60.1 Å². The minimum absolute atomic E-state index is 0.106. The highest BCUT2D eigenvalue weighted by Gasteiger charge is 2.28. The molecule has 1 atom stereocenters. The number of fused-ring (bicyclic) bond motifs is 3. The van der Waals surface area contributed by atoms with Crippen molar-refractivity contribution in [3.63, 3.8) is 0 Å². The predicted molar refractivity (Wildman–Crippen MR) is 125 cm³/mol. The third-order valence-electron chi connectivity index (χ3n) is 6.01. The van der Waals surface area contributed by atoms with Crippen LogP contribution in [0.3, 0.4) is 0 Å². The van der Waals surface area contributed by atoms with Crippen molar-refractivity contribution in [2.45, 2.75) is 19.9 Å². The Hall–Kier alpha value is -3.73. The second kappa shape index (κ2) is 7.51. The molecule has 0 saturated carbocycles. The van der Waals surface area contributed by atoms with Gasteiger partial charge in [-0.15, -0.1) is 0 Å². The SMILES string of the molecule is COc1cccc(C2C=C(c3ccc(C)c(C)c3)Nc3nc4ccccc4n32)c1OC. The maximum atomic E-state index is 5.79. The van der Waals surface area contributed by atoms with E-state index in [1.54, 1.807) is 14.2 Å². The molecule has 1 N–H and O–H groups in total. The van der Waals surface area contributed by atoms with Gasteiger partial charge in [0, 0.05) is 11.3 Å². The van der Waals surface area contributed by atoms with Crippen LogP contribution in [0.5, 0.6) is 11.5 Å². The summed E-state index contributed by atoms with van der Waals surface area (Å²) in [5, 5.41) is 3.56. The van der Waals surface area contributed by atoms with Crippen molar-refractivity contribution in [3.05, 3.63) is 89.0 Å². The van der Waals surface area contributed by atoms with Crippen molar-refractivity contribution in [1.82, 2.24) is 9.55 Å². The molecule has 5 rings (SSSR count). The first kappa shape index (κ1) is 19.2. The Labute approximate surface area is 182 Å². The lowest BCUT2D eigenvalue weighted by molar-refractivity contribution is 0.350. The van der Waals surface area contributed by atoms with Crippen LogP contribution in [-0.4, -0.2) is 23.8 Å². The van der Waals surface area contributed by atoms with Gasteiger partial charge in [-0.1, -0.05) is 36.4 Å². The molecular weight excluding hydrogens is 386 g/mol. The van der Waals surface area contributed by atoms with Crippen molar-refractivity contribution in [2.75, 3.05) is 19.5 Å². The third-order valence-corrected chi connectivity index (χ3v) is 6.01. The monoisotopic (exact) mass is 411 g/mol. The van der Waals surface area contributed by atoms with Gasteiger partial charge < -0.3 is 14.8 Å². The van der Waals surface area contributed by atoms with Gasteiger partial charge in [-0.25, -0.2) is 4.98 Å². The molecule has 4 aromatic rings. The molecule has 0 aliphatic carbocycles. The van der Waals surface area contributed by atoms with Gasteiger partial charge in [0.2, 0.25) is 5.95 Å². The predicted octanol–water partition coefficient (Wildman–Crippen LogP) is 5.73. The van der Waals surface area contributed by atoms with Crippen molar-refractivity contribution in [1.29, 1.82) is 0 Å². The first-order chi connectivity index (χ1) is 15.1. The van der Waals surface area contributed by atoms with E-state index in [1.807, 2.05) is 30.3 Å². The molecule has 3 aromatic carbocycles. The largest absolute Gasteiger partial charge is 0.493 e. The highest BCUT2D eigenvalue weighted by Crippen LogP contribution is 2.42. The van der Waals surface area contributed by atoms with E-state index in [0.29, 0.717) is 5.75 Å². The van der Waals surface area contributed by atoms with Gasteiger partial charge in [-0.2, -0.15) is 0 Å². The van der Waals surface area contributed by atoms with Crippen LogP contribution in [0.2, 0.25) is 0 Å². The minimum Gasteiger partial charge on any atom is -0.493 e. The maximum Gasteiger partial charge on any atom is 0.209 e. The van der Waals surface area contributed by atoms with E-state index >= 15 is 0 Å². The van der Waals surface area contributed by atoms with Crippen LogP contribution in [-0.2, 0) is 0 Å². The van der Waals surface area contributed by atoms with Crippen molar-refractivity contribution in [2.24, 2.45) is 0 Å². The number of aromatic nitrogens is 2. The van der Waals surface area contributed by atoms with Crippen LogP contribution >= 0.6 is 0 Å². The number of imidazole rings is 1. The zero-order valence-electron chi connectivity index (χ0n) is 18.1. The van der Waals surface area contributed by atoms with E-state index < -0.39 is 0 Å². The highest BCUT2D eigenvalue weighted by molar-refractivity contribution is 5.86. The van der Waals surface area contributed by atoms with Crippen LogP contribution in [0.1, 0.15) is 28.3 Å². The summed E-state index contributed by atoms with van der Waals surface area (Å²) >= 11 is 0. The van der Waals surface area contributed by atoms with Gasteiger partial charge in [-0.3, -0.25) is 4.57 Å². The summed E-state index contributed by atoms with van der Waals surface area (Å²) in [7, 11) is 3.35. The van der Waals surface area contributed by atoms with Crippen molar-refractivity contribution >= 4 is 22.7 Å². The average molecular weight is 412 g/mol. The topological polar surface area (TPSA) is 48.3 Å². The summed E-state index contributed by atoms with van der Waals surface area (Å²) in [5.41, 5.74) is 7.73. The molecule has 1 aromatic heterocycles. The van der Waals surface area contributed by atoms with Crippen LogP contribution in [0, 0.1) is 13.8 Å². The lowest BCUT2D eigenvalue weighted by Gasteiger charge is -2.28. The number of hydrogen-bond acceptors (Lipinski definition) is 4. The summed E-state index contributed by atoms with van der Waals surface area (Å²) in [6.45, 7) is 4.27. The number of ether oxygens (including phenoxy) is 2. The minimum atomic E-state index is -0.106. The molecule has 5 nitrogen and oxygen atoms in total. The van der Waals surface area contributed by atoms with Gasteiger partial charge in [0.25, 0.3) is 0 Å². The van der Waals surface area contributed by atoms with Crippen molar-refractivity contribution < 1.29 is 9.47 Å². The lowest BCUT2D eigenvalue weighted by Crippen LogP contribution is -2.20. The molecule has 1 aliphatic heterocycles. The number of aryl methyl sites for hydroxylation is 2.